The van der Waals surface area contributed by atoms with Crippen molar-refractivity contribution in [3.63, 3.8) is 0 Å². The van der Waals surface area contributed by atoms with Crippen LogP contribution in [0, 0.1) is 0 Å². The zero-order valence-electron chi connectivity index (χ0n) is 10.5. The number of aromatic nitrogens is 2. The highest BCUT2D eigenvalue weighted by molar-refractivity contribution is 6.10. The Labute approximate surface area is 115 Å². The molecule has 0 bridgehead atoms. The van der Waals surface area contributed by atoms with Gasteiger partial charge in [0.1, 0.15) is 0 Å². The molecule has 20 heavy (non-hydrogen) atoms. The predicted molar refractivity (Wildman–Crippen MR) is 73.9 cm³/mol. The number of nitrogens with zero attached hydrogens (tertiary/aromatic N) is 2. The van der Waals surface area contributed by atoms with Crippen LogP contribution in [0.5, 0.6) is 0 Å². The summed E-state index contributed by atoms with van der Waals surface area (Å²) < 4.78 is 4.68. The minimum Gasteiger partial charge on any atom is -0.335 e. The number of hydrogen-bond donors (Lipinski definition) is 1. The number of ketones is 1. The van der Waals surface area contributed by atoms with Crippen molar-refractivity contribution >= 4 is 17.3 Å². The molecule has 0 amide bonds. The molecule has 1 N–H and O–H groups in total. The van der Waals surface area contributed by atoms with Gasteiger partial charge in [-0.3, -0.25) is 4.79 Å². The van der Waals surface area contributed by atoms with Crippen molar-refractivity contribution in [3.8, 4) is 0 Å². The van der Waals surface area contributed by atoms with Gasteiger partial charge >= 0.3 is 0 Å². The molecular formula is C15H11N3O2. The van der Waals surface area contributed by atoms with Crippen LogP contribution >= 0.6 is 0 Å². The van der Waals surface area contributed by atoms with Crippen LogP contribution in [0.1, 0.15) is 16.1 Å². The van der Waals surface area contributed by atoms with E-state index in [-0.39, 0.29) is 11.5 Å². The van der Waals surface area contributed by atoms with Crippen molar-refractivity contribution < 1.29 is 9.42 Å². The molecule has 0 unspecified atom stereocenters. The fourth-order valence-corrected chi connectivity index (χ4v) is 1.80. The van der Waals surface area contributed by atoms with Crippen LogP contribution in [0.4, 0.5) is 11.5 Å². The van der Waals surface area contributed by atoms with Gasteiger partial charge in [-0.1, -0.05) is 48.5 Å². The number of rotatable bonds is 4. The van der Waals surface area contributed by atoms with Crippen molar-refractivity contribution in [3.05, 3.63) is 71.9 Å². The third-order valence-corrected chi connectivity index (χ3v) is 2.78. The third-order valence-electron chi connectivity index (χ3n) is 2.78. The van der Waals surface area contributed by atoms with Crippen molar-refractivity contribution in [1.82, 2.24) is 10.3 Å². The van der Waals surface area contributed by atoms with Crippen LogP contribution in [-0.4, -0.2) is 16.1 Å². The first-order valence-corrected chi connectivity index (χ1v) is 6.09. The van der Waals surface area contributed by atoms with Crippen LogP contribution in [0.2, 0.25) is 0 Å². The summed E-state index contributed by atoms with van der Waals surface area (Å²) in [5, 5.41) is 10.4. The topological polar surface area (TPSA) is 68.0 Å². The van der Waals surface area contributed by atoms with Gasteiger partial charge in [-0.15, -0.1) is 0 Å². The van der Waals surface area contributed by atoms with Crippen molar-refractivity contribution in [1.29, 1.82) is 0 Å². The molecule has 0 saturated carbocycles. The molecule has 0 aliphatic heterocycles. The molecule has 0 radical (unpaired) electrons. The maximum atomic E-state index is 12.3. The molecule has 0 aliphatic carbocycles. The Morgan fingerprint density at radius 2 is 1.55 bits per heavy atom. The monoisotopic (exact) mass is 265 g/mol. The summed E-state index contributed by atoms with van der Waals surface area (Å²) in [6.45, 7) is 0. The Morgan fingerprint density at radius 1 is 0.900 bits per heavy atom. The first kappa shape index (κ1) is 12.1. The maximum absolute atomic E-state index is 12.3. The Balaban J connectivity index is 1.89. The van der Waals surface area contributed by atoms with Crippen LogP contribution < -0.4 is 5.32 Å². The van der Waals surface area contributed by atoms with Gasteiger partial charge in [0.05, 0.1) is 0 Å². The number of carbonyl (C=O) groups excluding carboxylic acids is 1. The number of carbonyl (C=O) groups is 1. The zero-order valence-corrected chi connectivity index (χ0v) is 10.5. The van der Waals surface area contributed by atoms with Gasteiger partial charge in [-0.25, -0.2) is 4.63 Å². The van der Waals surface area contributed by atoms with Crippen molar-refractivity contribution in [2.75, 3.05) is 5.32 Å². The van der Waals surface area contributed by atoms with E-state index < -0.39 is 0 Å². The summed E-state index contributed by atoms with van der Waals surface area (Å²) in [5.41, 5.74) is 1.52. The Bertz CT molecular complexity index is 708. The maximum Gasteiger partial charge on any atom is 0.218 e. The summed E-state index contributed by atoms with van der Waals surface area (Å²) in [7, 11) is 0. The molecule has 3 rings (SSSR count). The van der Waals surface area contributed by atoms with Crippen molar-refractivity contribution in [2.45, 2.75) is 0 Å². The van der Waals surface area contributed by atoms with Gasteiger partial charge in [-0.2, -0.15) is 0 Å². The van der Waals surface area contributed by atoms with Crippen LogP contribution in [0.3, 0.4) is 0 Å². The first-order valence-electron chi connectivity index (χ1n) is 6.09. The second-order valence-corrected chi connectivity index (χ2v) is 4.15. The summed E-state index contributed by atoms with van der Waals surface area (Å²) in [6.07, 6.45) is 0. The second-order valence-electron chi connectivity index (χ2n) is 4.15. The van der Waals surface area contributed by atoms with Crippen molar-refractivity contribution in [2.24, 2.45) is 0 Å². The molecule has 0 fully saturated rings. The number of benzene rings is 2. The average Bonchev–Trinajstić information content (AvgIpc) is 2.96. The number of anilines is 2. The highest BCUT2D eigenvalue weighted by Gasteiger charge is 2.19. The smallest absolute Gasteiger partial charge is 0.218 e. The van der Waals surface area contributed by atoms with Crippen LogP contribution in [0.25, 0.3) is 0 Å². The highest BCUT2D eigenvalue weighted by atomic mass is 16.6. The standard InChI is InChI=1S/C15H11N3O2/c19-14(11-7-3-1-4-8-11)13-15(18-20-17-13)16-12-9-5-2-6-10-12/h1-10H,(H,16,18). The number of hydrogen-bond acceptors (Lipinski definition) is 5. The molecule has 1 aromatic heterocycles. The van der Waals surface area contributed by atoms with E-state index in [1.165, 1.54) is 0 Å². The molecule has 2 aromatic carbocycles. The van der Waals surface area contributed by atoms with Crippen LogP contribution in [-0.2, 0) is 0 Å². The van der Waals surface area contributed by atoms with E-state index in [1.807, 2.05) is 36.4 Å². The summed E-state index contributed by atoms with van der Waals surface area (Å²) in [6, 6.07) is 18.3. The largest absolute Gasteiger partial charge is 0.335 e. The number of para-hydroxylation sites is 1. The van der Waals surface area contributed by atoms with Gasteiger partial charge < -0.3 is 5.32 Å². The Kier molecular flexibility index (Phi) is 3.24. The molecule has 5 heteroatoms. The molecule has 98 valence electrons. The predicted octanol–water partition coefficient (Wildman–Crippen LogP) is 3.04. The average molecular weight is 265 g/mol. The van der Waals surface area contributed by atoms with Gasteiger partial charge in [0.25, 0.3) is 0 Å². The number of nitrogens with one attached hydrogen (secondary N) is 1. The lowest BCUT2D eigenvalue weighted by molar-refractivity contribution is 0.103. The third kappa shape index (κ3) is 2.42. The Morgan fingerprint density at radius 3 is 2.25 bits per heavy atom. The minimum absolute atomic E-state index is 0.167. The van der Waals surface area contributed by atoms with E-state index >= 15 is 0 Å². The SMILES string of the molecule is O=C(c1ccccc1)c1nonc1Nc1ccccc1. The molecule has 0 atom stereocenters. The Hall–Kier alpha value is -2.95. The van der Waals surface area contributed by atoms with Gasteiger partial charge in [0, 0.05) is 11.3 Å². The minimum atomic E-state index is -0.231. The lowest BCUT2D eigenvalue weighted by Gasteiger charge is -2.03. The summed E-state index contributed by atoms with van der Waals surface area (Å²) >= 11 is 0. The highest BCUT2D eigenvalue weighted by Crippen LogP contribution is 2.19. The van der Waals surface area contributed by atoms with E-state index in [1.54, 1.807) is 24.3 Å². The van der Waals surface area contributed by atoms with E-state index in [9.17, 15) is 4.79 Å². The molecule has 0 spiro atoms. The first-order chi connectivity index (χ1) is 9.84. The van der Waals surface area contributed by atoms with Gasteiger partial charge in [0.2, 0.25) is 11.6 Å². The van der Waals surface area contributed by atoms with E-state index in [0.717, 1.165) is 5.69 Å². The fourth-order valence-electron chi connectivity index (χ4n) is 1.80. The molecule has 0 aliphatic rings. The van der Waals surface area contributed by atoms with E-state index in [0.29, 0.717) is 11.4 Å². The molecule has 0 saturated heterocycles. The van der Waals surface area contributed by atoms with E-state index in [4.69, 9.17) is 0 Å². The zero-order chi connectivity index (χ0) is 13.8. The van der Waals surface area contributed by atoms with Crippen LogP contribution in [0.15, 0.2) is 65.3 Å². The molecule has 1 heterocycles. The molecule has 3 aromatic rings. The normalized spacial score (nSPS) is 10.2. The van der Waals surface area contributed by atoms with E-state index in [2.05, 4.69) is 20.3 Å². The lowest BCUT2D eigenvalue weighted by atomic mass is 10.1. The lowest BCUT2D eigenvalue weighted by Crippen LogP contribution is -2.05. The van der Waals surface area contributed by atoms with Gasteiger partial charge in [-0.05, 0) is 22.4 Å². The second kappa shape index (κ2) is 5.36. The summed E-state index contributed by atoms with van der Waals surface area (Å²) in [4.78, 5) is 12.3. The van der Waals surface area contributed by atoms with Gasteiger partial charge in [0.15, 0.2) is 5.69 Å². The fraction of sp³-hybridized carbons (Fsp3) is 0. The summed E-state index contributed by atoms with van der Waals surface area (Å²) in [5.74, 6) is 0.0790. The molecular weight excluding hydrogens is 254 g/mol. The molecule has 5 nitrogen and oxygen atoms in total. The quantitative estimate of drug-likeness (QED) is 0.734.